The van der Waals surface area contributed by atoms with E-state index < -0.39 is 17.4 Å². The summed E-state index contributed by atoms with van der Waals surface area (Å²) in [5.41, 5.74) is 0.417. The third kappa shape index (κ3) is 2.77. The van der Waals surface area contributed by atoms with Gasteiger partial charge in [0.1, 0.15) is 5.54 Å². The van der Waals surface area contributed by atoms with Crippen molar-refractivity contribution in [2.75, 3.05) is 18.0 Å². The largest absolute Gasteiger partial charge is 0.306 e. The molecular weight excluding hydrogens is 378 g/mol. The van der Waals surface area contributed by atoms with E-state index in [1.807, 2.05) is 31.2 Å². The van der Waals surface area contributed by atoms with Crippen LogP contribution in [0.25, 0.3) is 0 Å². The van der Waals surface area contributed by atoms with Crippen molar-refractivity contribution in [3.63, 3.8) is 0 Å². The number of para-hydroxylation sites is 1. The van der Waals surface area contributed by atoms with Crippen LogP contribution < -0.4 is 10.2 Å². The second kappa shape index (κ2) is 7.65. The molecular formula is C24H31N3O3. The number of nitrogens with zero attached hydrogens (tertiary/aromatic N) is 2. The number of rotatable bonds is 7. The number of benzene rings is 1. The molecule has 1 spiro atoms. The highest BCUT2D eigenvalue weighted by Crippen LogP contribution is 2.55. The second-order valence-electron chi connectivity index (χ2n) is 9.10. The van der Waals surface area contributed by atoms with E-state index in [2.05, 4.69) is 25.7 Å². The lowest BCUT2D eigenvalue weighted by Gasteiger charge is -2.30. The van der Waals surface area contributed by atoms with E-state index in [1.54, 1.807) is 11.0 Å². The quantitative estimate of drug-likeness (QED) is 0.555. The highest BCUT2D eigenvalue weighted by Gasteiger charge is 2.71. The van der Waals surface area contributed by atoms with Gasteiger partial charge in [-0.15, -0.1) is 6.58 Å². The Bertz CT molecular complexity index is 895. The molecule has 3 amide bonds. The van der Waals surface area contributed by atoms with E-state index >= 15 is 0 Å². The van der Waals surface area contributed by atoms with Crippen molar-refractivity contribution in [1.29, 1.82) is 0 Å². The Kier molecular flexibility index (Phi) is 5.30. The van der Waals surface area contributed by atoms with Gasteiger partial charge in [-0.1, -0.05) is 51.5 Å². The number of carbonyl (C=O) groups excluding carboxylic acids is 3. The number of amides is 3. The number of hydrogen-bond donors (Lipinski definition) is 1. The Morgan fingerprint density at radius 1 is 1.17 bits per heavy atom. The number of carbonyl (C=O) groups is 3. The van der Waals surface area contributed by atoms with Crippen molar-refractivity contribution < 1.29 is 14.4 Å². The van der Waals surface area contributed by atoms with Crippen molar-refractivity contribution in [3.05, 3.63) is 42.5 Å². The van der Waals surface area contributed by atoms with Gasteiger partial charge < -0.3 is 4.90 Å². The van der Waals surface area contributed by atoms with Crippen LogP contribution in [-0.4, -0.2) is 41.8 Å². The molecule has 4 atom stereocenters. The molecule has 2 saturated heterocycles. The van der Waals surface area contributed by atoms with Crippen LogP contribution in [0, 0.1) is 17.8 Å². The number of hydrogen-bond acceptors (Lipinski definition) is 4. The Morgan fingerprint density at radius 3 is 2.57 bits per heavy atom. The zero-order chi connectivity index (χ0) is 21.6. The van der Waals surface area contributed by atoms with Crippen LogP contribution in [-0.2, 0) is 19.9 Å². The van der Waals surface area contributed by atoms with Crippen LogP contribution in [0.4, 0.5) is 5.69 Å². The molecule has 6 nitrogen and oxygen atoms in total. The van der Waals surface area contributed by atoms with Gasteiger partial charge in [-0.3, -0.25) is 24.6 Å². The summed E-state index contributed by atoms with van der Waals surface area (Å²) in [6, 6.07) is 7.42. The fraction of sp³-hybridized carbons (Fsp3) is 0.542. The molecule has 1 aromatic rings. The molecule has 160 valence electrons. The van der Waals surface area contributed by atoms with Crippen molar-refractivity contribution in [3.8, 4) is 0 Å². The third-order valence-corrected chi connectivity index (χ3v) is 6.73. The molecule has 0 saturated carbocycles. The molecule has 3 heterocycles. The number of imide groups is 1. The van der Waals surface area contributed by atoms with Crippen molar-refractivity contribution in [2.45, 2.75) is 51.6 Å². The van der Waals surface area contributed by atoms with Crippen LogP contribution in [0.2, 0.25) is 0 Å². The molecule has 0 radical (unpaired) electrons. The van der Waals surface area contributed by atoms with Crippen molar-refractivity contribution >= 4 is 23.4 Å². The van der Waals surface area contributed by atoms with E-state index in [-0.39, 0.29) is 23.8 Å². The van der Waals surface area contributed by atoms with Crippen LogP contribution in [0.1, 0.15) is 45.6 Å². The minimum absolute atomic E-state index is 0.124. The SMILES string of the molecule is C=CCN1C(=O)[C@@]2(N[C@@H](CC(C)C)[C@H]3C(=O)N(CCCC)C(=O)[C@H]32)c2ccccc21. The highest BCUT2D eigenvalue weighted by molar-refractivity contribution is 6.16. The van der Waals surface area contributed by atoms with Crippen molar-refractivity contribution in [2.24, 2.45) is 17.8 Å². The first-order valence-corrected chi connectivity index (χ1v) is 11.0. The molecule has 2 fully saturated rings. The fourth-order valence-electron chi connectivity index (χ4n) is 5.56. The molecule has 3 aliphatic rings. The maximum Gasteiger partial charge on any atom is 0.253 e. The van der Waals surface area contributed by atoms with E-state index in [1.165, 1.54) is 4.90 Å². The third-order valence-electron chi connectivity index (χ3n) is 6.73. The Balaban J connectivity index is 1.85. The maximum atomic E-state index is 13.9. The van der Waals surface area contributed by atoms with E-state index in [0.29, 0.717) is 19.0 Å². The molecule has 4 rings (SSSR count). The number of likely N-dealkylation sites (tertiary alicyclic amines) is 1. The summed E-state index contributed by atoms with van der Waals surface area (Å²) in [5, 5.41) is 3.54. The molecule has 0 aromatic heterocycles. The zero-order valence-electron chi connectivity index (χ0n) is 18.1. The Labute approximate surface area is 178 Å². The van der Waals surface area contributed by atoms with Crippen LogP contribution in [0.3, 0.4) is 0 Å². The Morgan fingerprint density at radius 2 is 1.90 bits per heavy atom. The first-order chi connectivity index (χ1) is 14.4. The molecule has 0 bridgehead atoms. The zero-order valence-corrected chi connectivity index (χ0v) is 18.1. The average molecular weight is 410 g/mol. The lowest BCUT2D eigenvalue weighted by atomic mass is 9.76. The molecule has 0 aliphatic carbocycles. The van der Waals surface area contributed by atoms with E-state index in [0.717, 1.165) is 30.5 Å². The van der Waals surface area contributed by atoms with Gasteiger partial charge in [-0.2, -0.15) is 0 Å². The highest BCUT2D eigenvalue weighted by atomic mass is 16.2. The lowest BCUT2D eigenvalue weighted by molar-refractivity contribution is -0.143. The van der Waals surface area contributed by atoms with Gasteiger partial charge >= 0.3 is 0 Å². The first kappa shape index (κ1) is 20.8. The summed E-state index contributed by atoms with van der Waals surface area (Å²) in [7, 11) is 0. The Hall–Kier alpha value is -2.47. The number of nitrogens with one attached hydrogen (secondary N) is 1. The number of unbranched alkanes of at least 4 members (excludes halogenated alkanes) is 1. The van der Waals surface area contributed by atoms with Gasteiger partial charge in [0, 0.05) is 30.4 Å². The van der Waals surface area contributed by atoms with E-state index in [4.69, 9.17) is 0 Å². The minimum atomic E-state index is -1.18. The molecule has 6 heteroatoms. The van der Waals surface area contributed by atoms with E-state index in [9.17, 15) is 14.4 Å². The fourth-order valence-corrected chi connectivity index (χ4v) is 5.56. The normalized spacial score (nSPS) is 30.0. The molecule has 1 N–H and O–H groups in total. The van der Waals surface area contributed by atoms with Crippen molar-refractivity contribution in [1.82, 2.24) is 10.2 Å². The summed E-state index contributed by atoms with van der Waals surface area (Å²) in [6.07, 6.45) is 4.11. The van der Waals surface area contributed by atoms with Crippen LogP contribution in [0.5, 0.6) is 0 Å². The summed E-state index contributed by atoms with van der Waals surface area (Å²) in [6.45, 7) is 10.8. The monoisotopic (exact) mass is 409 g/mol. The molecule has 3 aliphatic heterocycles. The maximum absolute atomic E-state index is 13.9. The smallest absolute Gasteiger partial charge is 0.253 e. The summed E-state index contributed by atoms with van der Waals surface area (Å²) >= 11 is 0. The first-order valence-electron chi connectivity index (χ1n) is 11.0. The van der Waals surface area contributed by atoms with Gasteiger partial charge in [0.15, 0.2) is 0 Å². The van der Waals surface area contributed by atoms with Gasteiger partial charge in [0.2, 0.25) is 11.8 Å². The second-order valence-corrected chi connectivity index (χ2v) is 9.10. The lowest BCUT2D eigenvalue weighted by Crippen LogP contribution is -2.55. The number of fused-ring (bicyclic) bond motifs is 4. The predicted octanol–water partition coefficient (Wildman–Crippen LogP) is 2.83. The summed E-state index contributed by atoms with van der Waals surface area (Å²) in [4.78, 5) is 43.9. The van der Waals surface area contributed by atoms with Gasteiger partial charge in [0.25, 0.3) is 5.91 Å². The van der Waals surface area contributed by atoms with Crippen LogP contribution in [0.15, 0.2) is 36.9 Å². The van der Waals surface area contributed by atoms with Crippen LogP contribution >= 0.6 is 0 Å². The topological polar surface area (TPSA) is 69.7 Å². The molecule has 0 unspecified atom stereocenters. The summed E-state index contributed by atoms with van der Waals surface area (Å²) < 4.78 is 0. The van der Waals surface area contributed by atoms with Gasteiger partial charge in [-0.25, -0.2) is 0 Å². The summed E-state index contributed by atoms with van der Waals surface area (Å²) in [5.74, 6) is -1.35. The minimum Gasteiger partial charge on any atom is -0.306 e. The predicted molar refractivity (Wildman–Crippen MR) is 116 cm³/mol. The molecule has 1 aromatic carbocycles. The van der Waals surface area contributed by atoms with Gasteiger partial charge in [-0.05, 0) is 24.8 Å². The van der Waals surface area contributed by atoms with Gasteiger partial charge in [0.05, 0.1) is 11.8 Å². The molecule has 30 heavy (non-hydrogen) atoms. The average Bonchev–Trinajstić information content (AvgIpc) is 3.26. The standard InChI is InChI=1S/C24H31N3O3/c1-5-7-13-27-21(28)19-17(14-15(3)4)25-24(20(19)22(27)29)16-10-8-9-11-18(16)26(12-6-2)23(24)30/h6,8-11,15,17,19-20,25H,2,5,7,12-14H2,1,3-4H3/t17-,19+,20-,24+/m0/s1. The number of anilines is 1.